The standard InChI is InChI=1S/C30H30F9N3O4.Na/c1-3-23(4-2)46-25-8-7-20(28(31,32)33)12-19(25)17-42(27-40-14-24(15-41-27)45-9-5-6-26(43)44)16-18-10-21(29(34,35)36)13-22(11-18)30(37,38)39;/h7-8,10-15,23H,3-6,9,16-17H2,1-2H3,(H,43,44);/q;+1/p-1. The van der Waals surface area contributed by atoms with Crippen LogP contribution in [0.1, 0.15) is 67.3 Å². The van der Waals surface area contributed by atoms with Gasteiger partial charge in [0, 0.05) is 24.6 Å². The maximum absolute atomic E-state index is 13.7. The van der Waals surface area contributed by atoms with E-state index in [1.807, 2.05) is 0 Å². The Bertz CT molecular complexity index is 1430. The summed E-state index contributed by atoms with van der Waals surface area (Å²) in [5.74, 6) is -1.48. The van der Waals surface area contributed by atoms with Gasteiger partial charge in [0.25, 0.3) is 0 Å². The van der Waals surface area contributed by atoms with Crippen LogP contribution >= 0.6 is 0 Å². The van der Waals surface area contributed by atoms with Gasteiger partial charge < -0.3 is 24.3 Å². The van der Waals surface area contributed by atoms with Crippen LogP contribution in [0.4, 0.5) is 45.5 Å². The number of carbonyl (C=O) groups excluding carboxylic acids is 1. The van der Waals surface area contributed by atoms with Gasteiger partial charge in [-0.15, -0.1) is 0 Å². The third kappa shape index (κ3) is 12.1. The monoisotopic (exact) mass is 689 g/mol. The Morgan fingerprint density at radius 3 is 1.87 bits per heavy atom. The van der Waals surface area contributed by atoms with E-state index in [1.165, 1.54) is 0 Å². The molecule has 2 aromatic carbocycles. The number of ether oxygens (including phenoxy) is 2. The summed E-state index contributed by atoms with van der Waals surface area (Å²) >= 11 is 0. The van der Waals surface area contributed by atoms with Crippen LogP contribution in [0.3, 0.4) is 0 Å². The molecule has 0 radical (unpaired) electrons. The Labute approximate surface area is 286 Å². The molecule has 0 unspecified atom stereocenters. The average molecular weight is 690 g/mol. The number of hydrogen-bond donors (Lipinski definition) is 0. The van der Waals surface area contributed by atoms with Gasteiger partial charge in [0.2, 0.25) is 5.95 Å². The first-order valence-corrected chi connectivity index (χ1v) is 14.0. The van der Waals surface area contributed by atoms with Gasteiger partial charge in [0.1, 0.15) is 5.75 Å². The molecule has 0 bridgehead atoms. The fourth-order valence-corrected chi connectivity index (χ4v) is 4.32. The van der Waals surface area contributed by atoms with E-state index in [0.29, 0.717) is 25.0 Å². The summed E-state index contributed by atoms with van der Waals surface area (Å²) in [6.07, 6.45) is -12.4. The minimum absolute atomic E-state index is 0. The molecule has 7 nitrogen and oxygen atoms in total. The maximum Gasteiger partial charge on any atom is 1.00 e. The number of nitrogens with zero attached hydrogens (tertiary/aromatic N) is 3. The molecule has 17 heteroatoms. The van der Waals surface area contributed by atoms with Crippen molar-refractivity contribution in [3.05, 3.63) is 76.6 Å². The van der Waals surface area contributed by atoms with Crippen LogP contribution in [0.2, 0.25) is 0 Å². The van der Waals surface area contributed by atoms with E-state index in [4.69, 9.17) is 9.47 Å². The van der Waals surface area contributed by atoms with Crippen LogP contribution in [0, 0.1) is 0 Å². The molecule has 0 fully saturated rings. The van der Waals surface area contributed by atoms with Crippen LogP contribution in [0.25, 0.3) is 0 Å². The van der Waals surface area contributed by atoms with Gasteiger partial charge in [-0.2, -0.15) is 39.5 Å². The first-order chi connectivity index (χ1) is 21.4. The molecule has 3 aromatic rings. The summed E-state index contributed by atoms with van der Waals surface area (Å²) < 4.78 is 134. The van der Waals surface area contributed by atoms with E-state index in [-0.39, 0.29) is 78.1 Å². The number of alkyl halides is 9. The van der Waals surface area contributed by atoms with Crippen LogP contribution in [-0.2, 0) is 36.4 Å². The second-order valence-electron chi connectivity index (χ2n) is 10.2. The molecule has 0 amide bonds. The van der Waals surface area contributed by atoms with Crippen molar-refractivity contribution in [1.29, 1.82) is 0 Å². The van der Waals surface area contributed by atoms with Crippen molar-refractivity contribution in [3.8, 4) is 11.5 Å². The molecule has 0 atom stereocenters. The molecule has 0 saturated carbocycles. The van der Waals surface area contributed by atoms with E-state index in [1.54, 1.807) is 13.8 Å². The van der Waals surface area contributed by atoms with E-state index in [9.17, 15) is 49.4 Å². The number of carboxylic acid groups (broad SMARTS) is 1. The molecule has 0 aliphatic rings. The number of hydrogen-bond acceptors (Lipinski definition) is 7. The minimum Gasteiger partial charge on any atom is -0.550 e. The molecular formula is C30H29F9N3NaO4. The fourth-order valence-electron chi connectivity index (χ4n) is 4.32. The first-order valence-electron chi connectivity index (χ1n) is 14.0. The van der Waals surface area contributed by atoms with Crippen LogP contribution in [-0.4, -0.2) is 28.6 Å². The summed E-state index contributed by atoms with van der Waals surface area (Å²) in [6.45, 7) is 2.34. The molecule has 47 heavy (non-hydrogen) atoms. The van der Waals surface area contributed by atoms with Crippen LogP contribution in [0.5, 0.6) is 11.5 Å². The Balaban J connectivity index is 0.00000768. The molecule has 1 heterocycles. The van der Waals surface area contributed by atoms with Crippen molar-refractivity contribution in [1.82, 2.24) is 9.97 Å². The van der Waals surface area contributed by atoms with Gasteiger partial charge in [0.15, 0.2) is 5.75 Å². The summed E-state index contributed by atoms with van der Waals surface area (Å²) in [4.78, 5) is 19.8. The number of carbonyl (C=O) groups is 1. The summed E-state index contributed by atoms with van der Waals surface area (Å²) in [5.41, 5.74) is -4.75. The number of carboxylic acids is 1. The first kappa shape index (κ1) is 39.9. The van der Waals surface area contributed by atoms with Crippen molar-refractivity contribution in [3.63, 3.8) is 0 Å². The molecule has 1 aromatic heterocycles. The van der Waals surface area contributed by atoms with E-state index in [0.717, 1.165) is 35.5 Å². The second kappa shape index (κ2) is 16.7. The zero-order chi connectivity index (χ0) is 34.3. The predicted octanol–water partition coefficient (Wildman–Crippen LogP) is 4.22. The molecule has 252 valence electrons. The van der Waals surface area contributed by atoms with E-state index < -0.39 is 65.9 Å². The van der Waals surface area contributed by atoms with Crippen molar-refractivity contribution >= 4 is 11.9 Å². The molecular weight excluding hydrogens is 660 g/mol. The maximum atomic E-state index is 13.7. The van der Waals surface area contributed by atoms with Crippen molar-refractivity contribution in [2.75, 3.05) is 11.5 Å². The van der Waals surface area contributed by atoms with Crippen molar-refractivity contribution in [2.45, 2.75) is 77.3 Å². The topological polar surface area (TPSA) is 87.6 Å². The Morgan fingerprint density at radius 2 is 1.38 bits per heavy atom. The van der Waals surface area contributed by atoms with E-state index >= 15 is 0 Å². The predicted molar refractivity (Wildman–Crippen MR) is 145 cm³/mol. The normalized spacial score (nSPS) is 12.1. The van der Waals surface area contributed by atoms with Gasteiger partial charge in [-0.05, 0) is 67.6 Å². The zero-order valence-electron chi connectivity index (χ0n) is 25.5. The molecule has 0 saturated heterocycles. The molecule has 3 rings (SSSR count). The van der Waals surface area contributed by atoms with Gasteiger partial charge in [0.05, 0.1) is 41.8 Å². The molecule has 0 spiro atoms. The molecule has 0 N–H and O–H groups in total. The van der Waals surface area contributed by atoms with Crippen LogP contribution in [0.15, 0.2) is 48.8 Å². The Hall–Kier alpha value is -3.24. The Kier molecular flexibility index (Phi) is 14.2. The zero-order valence-corrected chi connectivity index (χ0v) is 27.5. The number of rotatable bonds is 14. The van der Waals surface area contributed by atoms with E-state index in [2.05, 4.69) is 9.97 Å². The van der Waals surface area contributed by atoms with Crippen LogP contribution < -0.4 is 49.0 Å². The second-order valence-corrected chi connectivity index (χ2v) is 10.2. The van der Waals surface area contributed by atoms with Gasteiger partial charge >= 0.3 is 48.1 Å². The smallest absolute Gasteiger partial charge is 0.550 e. The van der Waals surface area contributed by atoms with Gasteiger partial charge in [-0.3, -0.25) is 0 Å². The number of anilines is 1. The quantitative estimate of drug-likeness (QED) is 0.142. The molecule has 0 aliphatic carbocycles. The fraction of sp³-hybridized carbons (Fsp3) is 0.433. The number of aromatic nitrogens is 2. The van der Waals surface area contributed by atoms with Crippen molar-refractivity contribution in [2.24, 2.45) is 0 Å². The summed E-state index contributed by atoms with van der Waals surface area (Å²) in [7, 11) is 0. The van der Waals surface area contributed by atoms with Gasteiger partial charge in [-0.25, -0.2) is 9.97 Å². The summed E-state index contributed by atoms with van der Waals surface area (Å²) in [5, 5.41) is 10.6. The Morgan fingerprint density at radius 1 is 0.830 bits per heavy atom. The number of halogens is 9. The minimum atomic E-state index is -5.13. The van der Waals surface area contributed by atoms with Crippen molar-refractivity contribution < 1.29 is 88.4 Å². The molecule has 0 aliphatic heterocycles. The number of benzene rings is 2. The third-order valence-corrected chi connectivity index (χ3v) is 6.67. The average Bonchev–Trinajstić information content (AvgIpc) is 2.97. The SMILES string of the molecule is CCC(CC)Oc1ccc(C(F)(F)F)cc1CN(Cc1cc(C(F)(F)F)cc(C(F)(F)F)c1)c1ncc(OCCCC(=O)[O-])cn1.[Na+]. The largest absolute Gasteiger partial charge is 1.00 e. The number of aliphatic carboxylic acids is 1. The summed E-state index contributed by atoms with van der Waals surface area (Å²) in [6, 6.07) is 3.66. The van der Waals surface area contributed by atoms with Gasteiger partial charge in [-0.1, -0.05) is 13.8 Å². The third-order valence-electron chi connectivity index (χ3n) is 6.67.